The van der Waals surface area contributed by atoms with Gasteiger partial charge in [-0.3, -0.25) is 4.79 Å². The zero-order chi connectivity index (χ0) is 9.84. The van der Waals surface area contributed by atoms with E-state index in [-0.39, 0.29) is 0 Å². The highest BCUT2D eigenvalue weighted by Crippen LogP contribution is 2.05. The predicted molar refractivity (Wildman–Crippen MR) is 49.6 cm³/mol. The summed E-state index contributed by atoms with van der Waals surface area (Å²) in [6.45, 7) is 7.02. The molecule has 0 aliphatic carbocycles. The Kier molecular flexibility index (Phi) is 3.17. The second-order valence-corrected chi connectivity index (χ2v) is 3.58. The molecule has 0 fully saturated rings. The summed E-state index contributed by atoms with van der Waals surface area (Å²) in [5, 5.41) is 7.65. The Hall–Kier alpha value is -1.19. The van der Waals surface area contributed by atoms with Gasteiger partial charge in [0, 0.05) is 6.54 Å². The molecule has 4 nitrogen and oxygen atoms in total. The smallest absolute Gasteiger partial charge is 0.172 e. The van der Waals surface area contributed by atoms with Gasteiger partial charge in [0.1, 0.15) is 5.69 Å². The first-order valence-corrected chi connectivity index (χ1v) is 4.50. The first-order valence-electron chi connectivity index (χ1n) is 4.50. The van der Waals surface area contributed by atoms with Crippen LogP contribution in [-0.4, -0.2) is 21.3 Å². The third-order valence-electron chi connectivity index (χ3n) is 2.05. The summed E-state index contributed by atoms with van der Waals surface area (Å²) in [5.74, 6) is 0.642. The second kappa shape index (κ2) is 4.16. The zero-order valence-electron chi connectivity index (χ0n) is 8.32. The molecule has 1 heterocycles. The molecule has 0 aliphatic rings. The van der Waals surface area contributed by atoms with Crippen LogP contribution in [0.15, 0.2) is 0 Å². The lowest BCUT2D eigenvalue weighted by molar-refractivity contribution is 0.111. The number of nitrogens with zero attached hydrogens (tertiary/aromatic N) is 3. The highest BCUT2D eigenvalue weighted by atomic mass is 16.1. The molecule has 13 heavy (non-hydrogen) atoms. The lowest BCUT2D eigenvalue weighted by atomic mass is 10.1. The van der Waals surface area contributed by atoms with E-state index in [9.17, 15) is 4.79 Å². The van der Waals surface area contributed by atoms with E-state index in [0.717, 1.165) is 24.9 Å². The van der Waals surface area contributed by atoms with Gasteiger partial charge in [-0.2, -0.15) is 0 Å². The summed E-state index contributed by atoms with van der Waals surface area (Å²) < 4.78 is 1.78. The lowest BCUT2D eigenvalue weighted by Crippen LogP contribution is -2.05. The maximum Gasteiger partial charge on any atom is 0.172 e. The van der Waals surface area contributed by atoms with Crippen molar-refractivity contribution >= 4 is 6.29 Å². The van der Waals surface area contributed by atoms with Crippen molar-refractivity contribution in [2.45, 2.75) is 33.7 Å². The molecule has 0 atom stereocenters. The number of carbonyl (C=O) groups is 1. The Morgan fingerprint density at radius 3 is 2.69 bits per heavy atom. The molecule has 0 saturated heterocycles. The molecular formula is C9H15N3O. The fourth-order valence-electron chi connectivity index (χ4n) is 1.08. The van der Waals surface area contributed by atoms with Gasteiger partial charge in [0.15, 0.2) is 6.29 Å². The number of hydrogen-bond donors (Lipinski definition) is 0. The minimum atomic E-state index is 0.448. The summed E-state index contributed by atoms with van der Waals surface area (Å²) in [7, 11) is 0. The van der Waals surface area contributed by atoms with Crippen molar-refractivity contribution in [3.05, 3.63) is 11.4 Å². The van der Waals surface area contributed by atoms with Gasteiger partial charge in [0.05, 0.1) is 5.69 Å². The lowest BCUT2D eigenvalue weighted by Gasteiger charge is -2.05. The molecule has 1 aromatic heterocycles. The van der Waals surface area contributed by atoms with Crippen molar-refractivity contribution < 1.29 is 4.79 Å². The van der Waals surface area contributed by atoms with Crippen molar-refractivity contribution in [1.29, 1.82) is 0 Å². The third-order valence-corrected chi connectivity index (χ3v) is 2.05. The molecule has 0 amide bonds. The summed E-state index contributed by atoms with van der Waals surface area (Å²) in [5.41, 5.74) is 1.31. The van der Waals surface area contributed by atoms with Gasteiger partial charge >= 0.3 is 0 Å². The molecule has 0 radical (unpaired) electrons. The molecular weight excluding hydrogens is 166 g/mol. The van der Waals surface area contributed by atoms with Crippen LogP contribution in [0.2, 0.25) is 0 Å². The number of hydrogen-bond acceptors (Lipinski definition) is 3. The summed E-state index contributed by atoms with van der Waals surface area (Å²) in [6.07, 6.45) is 1.80. The van der Waals surface area contributed by atoms with E-state index in [0.29, 0.717) is 11.6 Å². The molecule has 1 rings (SSSR count). The Morgan fingerprint density at radius 2 is 2.23 bits per heavy atom. The van der Waals surface area contributed by atoms with Gasteiger partial charge in [-0.15, -0.1) is 5.10 Å². The Morgan fingerprint density at radius 1 is 1.54 bits per heavy atom. The molecule has 1 aromatic rings. The summed E-state index contributed by atoms with van der Waals surface area (Å²) >= 11 is 0. The average molecular weight is 181 g/mol. The van der Waals surface area contributed by atoms with Crippen LogP contribution in [0.3, 0.4) is 0 Å². The molecule has 0 N–H and O–H groups in total. The average Bonchev–Trinajstić information content (AvgIpc) is 2.43. The molecule has 0 aromatic carbocycles. The van der Waals surface area contributed by atoms with E-state index >= 15 is 0 Å². The highest BCUT2D eigenvalue weighted by Gasteiger charge is 2.06. The molecule has 0 aliphatic heterocycles. The quantitative estimate of drug-likeness (QED) is 0.660. The van der Waals surface area contributed by atoms with Crippen LogP contribution in [0.25, 0.3) is 0 Å². The summed E-state index contributed by atoms with van der Waals surface area (Å²) in [6, 6.07) is 0. The van der Waals surface area contributed by atoms with Gasteiger partial charge in [-0.05, 0) is 19.3 Å². The van der Waals surface area contributed by atoms with Crippen molar-refractivity contribution in [1.82, 2.24) is 15.0 Å². The zero-order valence-corrected chi connectivity index (χ0v) is 8.32. The fourth-order valence-corrected chi connectivity index (χ4v) is 1.08. The molecule has 0 unspecified atom stereocenters. The molecule has 4 heteroatoms. The van der Waals surface area contributed by atoms with Crippen molar-refractivity contribution in [2.24, 2.45) is 5.92 Å². The minimum Gasteiger partial charge on any atom is -0.296 e. The van der Waals surface area contributed by atoms with Gasteiger partial charge in [0.25, 0.3) is 0 Å². The van der Waals surface area contributed by atoms with E-state index in [4.69, 9.17) is 0 Å². The van der Waals surface area contributed by atoms with Crippen LogP contribution < -0.4 is 0 Å². The van der Waals surface area contributed by atoms with E-state index in [1.165, 1.54) is 0 Å². The maximum absolute atomic E-state index is 10.5. The number of aromatic nitrogens is 3. The van der Waals surface area contributed by atoms with Crippen LogP contribution >= 0.6 is 0 Å². The SMILES string of the molecule is Cc1c(C=O)nnn1CCC(C)C. The first-order chi connectivity index (χ1) is 6.15. The summed E-state index contributed by atoms with van der Waals surface area (Å²) in [4.78, 5) is 10.5. The molecule has 72 valence electrons. The number of carbonyl (C=O) groups excluding carboxylic acids is 1. The van der Waals surface area contributed by atoms with Crippen LogP contribution in [0.1, 0.15) is 36.5 Å². The molecule has 0 bridgehead atoms. The van der Waals surface area contributed by atoms with Crippen LogP contribution in [0, 0.1) is 12.8 Å². The van der Waals surface area contributed by atoms with E-state index in [1.54, 1.807) is 4.68 Å². The number of aryl methyl sites for hydroxylation is 1. The topological polar surface area (TPSA) is 47.8 Å². The molecule has 0 saturated carbocycles. The maximum atomic E-state index is 10.5. The predicted octanol–water partition coefficient (Wildman–Crippen LogP) is 1.45. The van der Waals surface area contributed by atoms with E-state index in [2.05, 4.69) is 24.2 Å². The van der Waals surface area contributed by atoms with E-state index in [1.807, 2.05) is 6.92 Å². The fraction of sp³-hybridized carbons (Fsp3) is 0.667. The molecule has 0 spiro atoms. The third kappa shape index (κ3) is 2.37. The largest absolute Gasteiger partial charge is 0.296 e. The Labute approximate surface area is 77.9 Å². The Bertz CT molecular complexity index is 291. The Balaban J connectivity index is 2.67. The number of rotatable bonds is 4. The van der Waals surface area contributed by atoms with Gasteiger partial charge in [0.2, 0.25) is 0 Å². The monoisotopic (exact) mass is 181 g/mol. The normalized spacial score (nSPS) is 10.8. The van der Waals surface area contributed by atoms with Gasteiger partial charge < -0.3 is 0 Å². The van der Waals surface area contributed by atoms with Crippen molar-refractivity contribution in [2.75, 3.05) is 0 Å². The first kappa shape index (κ1) is 9.89. The highest BCUT2D eigenvalue weighted by molar-refractivity contribution is 5.72. The van der Waals surface area contributed by atoms with Crippen LogP contribution in [-0.2, 0) is 6.54 Å². The van der Waals surface area contributed by atoms with E-state index < -0.39 is 0 Å². The van der Waals surface area contributed by atoms with Crippen LogP contribution in [0.5, 0.6) is 0 Å². The van der Waals surface area contributed by atoms with Gasteiger partial charge in [-0.25, -0.2) is 4.68 Å². The van der Waals surface area contributed by atoms with Crippen LogP contribution in [0.4, 0.5) is 0 Å². The number of aldehydes is 1. The standard InChI is InChI=1S/C9H15N3O/c1-7(2)4-5-12-8(3)9(6-13)10-11-12/h6-7H,4-5H2,1-3H3. The second-order valence-electron chi connectivity index (χ2n) is 3.58. The van der Waals surface area contributed by atoms with Crippen molar-refractivity contribution in [3.63, 3.8) is 0 Å². The van der Waals surface area contributed by atoms with Gasteiger partial charge in [-0.1, -0.05) is 19.1 Å². The minimum absolute atomic E-state index is 0.448. The van der Waals surface area contributed by atoms with Crippen molar-refractivity contribution in [3.8, 4) is 0 Å².